The van der Waals surface area contributed by atoms with Crippen molar-refractivity contribution in [1.29, 1.82) is 0 Å². The second-order valence-corrected chi connectivity index (χ2v) is 9.18. The number of rotatable bonds is 4. The highest BCUT2D eigenvalue weighted by atomic mass is 19.1. The van der Waals surface area contributed by atoms with Gasteiger partial charge < -0.3 is 20.7 Å². The van der Waals surface area contributed by atoms with Gasteiger partial charge in [-0.15, -0.1) is 0 Å². The Morgan fingerprint density at radius 2 is 1.97 bits per heavy atom. The largest absolute Gasteiger partial charge is 0.389 e. The molecule has 0 bridgehead atoms. The van der Waals surface area contributed by atoms with Crippen molar-refractivity contribution in [2.24, 2.45) is 0 Å². The predicted octanol–water partition coefficient (Wildman–Crippen LogP) is 5.21. The van der Waals surface area contributed by atoms with E-state index in [4.69, 9.17) is 0 Å². The van der Waals surface area contributed by atoms with Crippen LogP contribution < -0.4 is 10.6 Å². The van der Waals surface area contributed by atoms with E-state index in [1.54, 1.807) is 18.3 Å². The van der Waals surface area contributed by atoms with Gasteiger partial charge in [0.2, 0.25) is 0 Å². The maximum atomic E-state index is 16.2. The molecule has 5 nitrogen and oxygen atoms in total. The number of hydrogen-bond acceptors (Lipinski definition) is 4. The summed E-state index contributed by atoms with van der Waals surface area (Å²) in [5.41, 5.74) is 2.52. The lowest BCUT2D eigenvalue weighted by Gasteiger charge is -2.44. The van der Waals surface area contributed by atoms with E-state index in [1.807, 2.05) is 51.2 Å². The molecule has 1 aliphatic heterocycles. The smallest absolute Gasteiger partial charge is 0.140 e. The van der Waals surface area contributed by atoms with E-state index in [2.05, 4.69) is 20.6 Å². The zero-order valence-electron chi connectivity index (χ0n) is 18.7. The standard InChI is InChI=1S/C26H26F2N4O/c1-14-12-30-23-16(14)8-6-9-17(23)20-18(27)11-19-21(22(20)28)24(25(33)26(2,3)32-19)31-13-15-7-4-5-10-29-15/h4-12,24-25,30-33H,13H2,1-3H3/t24-,25+/m1/s1. The second-order valence-electron chi connectivity index (χ2n) is 9.18. The number of pyridine rings is 1. The van der Waals surface area contributed by atoms with Gasteiger partial charge in [0.1, 0.15) is 11.6 Å². The highest BCUT2D eigenvalue weighted by molar-refractivity contribution is 5.96. The lowest BCUT2D eigenvalue weighted by molar-refractivity contribution is 0.0661. The number of H-pyrrole nitrogens is 1. The number of nitrogens with zero attached hydrogens (tertiary/aromatic N) is 1. The first kappa shape index (κ1) is 21.6. The average Bonchev–Trinajstić information content (AvgIpc) is 3.16. The monoisotopic (exact) mass is 448 g/mol. The third kappa shape index (κ3) is 3.57. The molecule has 4 aromatic rings. The van der Waals surface area contributed by atoms with Crippen molar-refractivity contribution in [3.63, 3.8) is 0 Å². The molecule has 0 saturated heterocycles. The van der Waals surface area contributed by atoms with Gasteiger partial charge in [0, 0.05) is 41.1 Å². The van der Waals surface area contributed by atoms with E-state index >= 15 is 8.78 Å². The Hall–Kier alpha value is -3.29. The number of anilines is 1. The van der Waals surface area contributed by atoms with Gasteiger partial charge in [-0.05, 0) is 44.5 Å². The molecule has 0 amide bonds. The van der Waals surface area contributed by atoms with Gasteiger partial charge in [-0.1, -0.05) is 24.3 Å². The summed E-state index contributed by atoms with van der Waals surface area (Å²) in [4.78, 5) is 7.45. The lowest BCUT2D eigenvalue weighted by Crippen LogP contribution is -2.54. The molecule has 5 rings (SSSR count). The molecule has 1 aliphatic rings. The van der Waals surface area contributed by atoms with Crippen LogP contribution in [-0.2, 0) is 6.54 Å². The fourth-order valence-electron chi connectivity index (χ4n) is 4.72. The molecule has 2 atom stereocenters. The minimum Gasteiger partial charge on any atom is -0.389 e. The van der Waals surface area contributed by atoms with Crippen molar-refractivity contribution >= 4 is 16.6 Å². The molecule has 0 saturated carbocycles. The second kappa shape index (κ2) is 7.93. The zero-order valence-corrected chi connectivity index (χ0v) is 18.7. The van der Waals surface area contributed by atoms with E-state index < -0.39 is 29.3 Å². The molecule has 4 N–H and O–H groups in total. The van der Waals surface area contributed by atoms with Crippen molar-refractivity contribution in [3.05, 3.63) is 83.3 Å². The molecule has 170 valence electrons. The van der Waals surface area contributed by atoms with Crippen LogP contribution in [0.4, 0.5) is 14.5 Å². The number of hydrogen-bond donors (Lipinski definition) is 4. The third-order valence-electron chi connectivity index (χ3n) is 6.50. The van der Waals surface area contributed by atoms with Crippen LogP contribution in [0.2, 0.25) is 0 Å². The molecule has 2 aromatic heterocycles. The third-order valence-corrected chi connectivity index (χ3v) is 6.50. The summed E-state index contributed by atoms with van der Waals surface area (Å²) in [5, 5.41) is 18.4. The molecular weight excluding hydrogens is 422 g/mol. The van der Waals surface area contributed by atoms with Crippen molar-refractivity contribution in [2.75, 3.05) is 5.32 Å². The highest BCUT2D eigenvalue weighted by Crippen LogP contribution is 2.44. The molecule has 2 aromatic carbocycles. The quantitative estimate of drug-likeness (QED) is 0.346. The molecule has 0 aliphatic carbocycles. The summed E-state index contributed by atoms with van der Waals surface area (Å²) in [6.07, 6.45) is 2.54. The van der Waals surface area contributed by atoms with Gasteiger partial charge in [-0.25, -0.2) is 8.78 Å². The normalized spacial score (nSPS) is 19.3. The summed E-state index contributed by atoms with van der Waals surface area (Å²) in [7, 11) is 0. The summed E-state index contributed by atoms with van der Waals surface area (Å²) < 4.78 is 31.6. The van der Waals surface area contributed by atoms with Crippen LogP contribution in [0, 0.1) is 18.6 Å². The van der Waals surface area contributed by atoms with Crippen molar-refractivity contribution in [2.45, 2.75) is 45.0 Å². The number of fused-ring (bicyclic) bond motifs is 2. The van der Waals surface area contributed by atoms with Gasteiger partial charge in [0.05, 0.1) is 34.5 Å². The van der Waals surface area contributed by atoms with Crippen LogP contribution in [0.5, 0.6) is 0 Å². The maximum Gasteiger partial charge on any atom is 0.140 e. The Bertz CT molecular complexity index is 1330. The van der Waals surface area contributed by atoms with E-state index in [9.17, 15) is 5.11 Å². The Balaban J connectivity index is 1.66. The molecular formula is C26H26F2N4O. The van der Waals surface area contributed by atoms with E-state index in [-0.39, 0.29) is 11.1 Å². The highest BCUT2D eigenvalue weighted by Gasteiger charge is 2.43. The SMILES string of the molecule is Cc1c[nH]c2c(-c3c(F)cc4c(c3F)[C@@H](NCc3ccccn3)[C@H](O)C(C)(C)N4)cccc12. The Labute approximate surface area is 190 Å². The summed E-state index contributed by atoms with van der Waals surface area (Å²) >= 11 is 0. The van der Waals surface area contributed by atoms with Gasteiger partial charge in [0.15, 0.2) is 0 Å². The topological polar surface area (TPSA) is 73.0 Å². The van der Waals surface area contributed by atoms with Gasteiger partial charge in [-0.3, -0.25) is 4.98 Å². The van der Waals surface area contributed by atoms with Crippen LogP contribution >= 0.6 is 0 Å². The minimum atomic E-state index is -0.968. The fraction of sp³-hybridized carbons (Fsp3) is 0.269. The minimum absolute atomic E-state index is 0.112. The lowest BCUT2D eigenvalue weighted by atomic mass is 9.81. The summed E-state index contributed by atoms with van der Waals surface area (Å²) in [6.45, 7) is 5.89. The number of aliphatic hydroxyl groups excluding tert-OH is 1. The molecule has 0 fully saturated rings. The van der Waals surface area contributed by atoms with Crippen molar-refractivity contribution < 1.29 is 13.9 Å². The average molecular weight is 449 g/mol. The molecule has 0 radical (unpaired) electrons. The molecule has 7 heteroatoms. The van der Waals surface area contributed by atoms with Crippen LogP contribution in [-0.4, -0.2) is 26.7 Å². The maximum absolute atomic E-state index is 16.2. The Morgan fingerprint density at radius 3 is 2.73 bits per heavy atom. The Kier molecular flexibility index (Phi) is 5.18. The van der Waals surface area contributed by atoms with Crippen LogP contribution in [0.1, 0.15) is 36.7 Å². The summed E-state index contributed by atoms with van der Waals surface area (Å²) in [5.74, 6) is -1.35. The van der Waals surface area contributed by atoms with Crippen LogP contribution in [0.25, 0.3) is 22.0 Å². The number of aliphatic hydroxyl groups is 1. The van der Waals surface area contributed by atoms with E-state index in [0.717, 1.165) is 16.6 Å². The Morgan fingerprint density at radius 1 is 1.15 bits per heavy atom. The van der Waals surface area contributed by atoms with Gasteiger partial charge >= 0.3 is 0 Å². The number of para-hydroxylation sites is 1. The van der Waals surface area contributed by atoms with Gasteiger partial charge in [-0.2, -0.15) is 0 Å². The number of benzene rings is 2. The molecule has 0 spiro atoms. The number of halogens is 2. The first-order valence-electron chi connectivity index (χ1n) is 11.0. The van der Waals surface area contributed by atoms with Crippen LogP contribution in [0.15, 0.2) is 54.9 Å². The predicted molar refractivity (Wildman–Crippen MR) is 126 cm³/mol. The zero-order chi connectivity index (χ0) is 23.3. The van der Waals surface area contributed by atoms with E-state index in [0.29, 0.717) is 23.3 Å². The molecule has 0 unspecified atom stereocenters. The number of aryl methyl sites for hydroxylation is 1. The molecule has 33 heavy (non-hydrogen) atoms. The van der Waals surface area contributed by atoms with E-state index in [1.165, 1.54) is 6.07 Å². The number of nitrogens with one attached hydrogen (secondary N) is 3. The molecule has 3 heterocycles. The van der Waals surface area contributed by atoms with Crippen molar-refractivity contribution in [1.82, 2.24) is 15.3 Å². The fourth-order valence-corrected chi connectivity index (χ4v) is 4.72. The van der Waals surface area contributed by atoms with Gasteiger partial charge in [0.25, 0.3) is 0 Å². The number of aromatic nitrogens is 2. The first-order chi connectivity index (χ1) is 15.8. The van der Waals surface area contributed by atoms with Crippen LogP contribution in [0.3, 0.4) is 0 Å². The number of aromatic amines is 1. The first-order valence-corrected chi connectivity index (χ1v) is 11.0. The summed E-state index contributed by atoms with van der Waals surface area (Å²) in [6, 6.07) is 11.5. The van der Waals surface area contributed by atoms with Crippen molar-refractivity contribution in [3.8, 4) is 11.1 Å².